The smallest absolute Gasteiger partial charge is 0.282 e. The van der Waals surface area contributed by atoms with Gasteiger partial charge in [0.15, 0.2) is 0 Å². The zero-order chi connectivity index (χ0) is 20.5. The Bertz CT molecular complexity index is 984. The Morgan fingerprint density at radius 2 is 1.79 bits per heavy atom. The summed E-state index contributed by atoms with van der Waals surface area (Å²) < 4.78 is 0. The molecule has 2 amide bonds. The number of likely N-dealkylation sites (tertiary alicyclic amines) is 1. The summed E-state index contributed by atoms with van der Waals surface area (Å²) in [6.45, 7) is 3.28. The third-order valence-corrected chi connectivity index (χ3v) is 5.91. The number of hydrogen-bond acceptors (Lipinski definition) is 4. The molecule has 4 rings (SSSR count). The van der Waals surface area contributed by atoms with Crippen LogP contribution in [0.4, 0.5) is 5.69 Å². The van der Waals surface area contributed by atoms with E-state index in [2.05, 4.69) is 0 Å². The van der Waals surface area contributed by atoms with E-state index in [4.69, 9.17) is 11.6 Å². The van der Waals surface area contributed by atoms with Crippen LogP contribution >= 0.6 is 11.6 Å². The maximum atomic E-state index is 13.5. The monoisotopic (exact) mass is 410 g/mol. The minimum atomic E-state index is -0.368. The number of hydrogen-bond donors (Lipinski definition) is 1. The number of carbonyl (C=O) groups excluding carboxylic acids is 2. The van der Waals surface area contributed by atoms with Crippen molar-refractivity contribution in [3.63, 3.8) is 0 Å². The van der Waals surface area contributed by atoms with Gasteiger partial charge in [-0.15, -0.1) is 0 Å². The van der Waals surface area contributed by atoms with E-state index in [1.807, 2.05) is 36.1 Å². The summed E-state index contributed by atoms with van der Waals surface area (Å²) in [6, 6.07) is 14.5. The van der Waals surface area contributed by atoms with Crippen LogP contribution in [-0.4, -0.2) is 41.5 Å². The molecule has 2 heterocycles. The van der Waals surface area contributed by atoms with Gasteiger partial charge in [-0.1, -0.05) is 53.6 Å². The van der Waals surface area contributed by atoms with Gasteiger partial charge in [0.2, 0.25) is 0 Å². The number of anilines is 1. The number of carbonyl (C=O) groups is 2. The van der Waals surface area contributed by atoms with E-state index in [9.17, 15) is 14.7 Å². The Labute approximate surface area is 175 Å². The molecule has 2 aliphatic heterocycles. The van der Waals surface area contributed by atoms with Gasteiger partial charge in [-0.05, 0) is 43.4 Å². The summed E-state index contributed by atoms with van der Waals surface area (Å²) in [5, 5.41) is 9.98. The molecule has 1 N–H and O–H groups in total. The second-order valence-electron chi connectivity index (χ2n) is 7.62. The van der Waals surface area contributed by atoms with E-state index in [1.165, 1.54) is 4.90 Å². The van der Waals surface area contributed by atoms with Crippen molar-refractivity contribution in [3.8, 4) is 0 Å². The highest BCUT2D eigenvalue weighted by atomic mass is 35.5. The van der Waals surface area contributed by atoms with Crippen molar-refractivity contribution in [2.75, 3.05) is 24.6 Å². The largest absolute Gasteiger partial charge is 0.396 e. The molecular formula is C23H23ClN2O3. The maximum Gasteiger partial charge on any atom is 0.282 e. The zero-order valence-electron chi connectivity index (χ0n) is 16.3. The molecule has 29 heavy (non-hydrogen) atoms. The third kappa shape index (κ3) is 3.56. The molecule has 0 aliphatic carbocycles. The fraction of sp³-hybridized carbons (Fsp3) is 0.304. The number of aliphatic hydroxyl groups excluding tert-OH is 1. The predicted octanol–water partition coefficient (Wildman–Crippen LogP) is 3.64. The van der Waals surface area contributed by atoms with Crippen molar-refractivity contribution in [1.82, 2.24) is 4.90 Å². The highest BCUT2D eigenvalue weighted by Crippen LogP contribution is 2.38. The molecule has 0 bridgehead atoms. The highest BCUT2D eigenvalue weighted by Gasteiger charge is 2.43. The third-order valence-electron chi connectivity index (χ3n) is 5.59. The van der Waals surface area contributed by atoms with Crippen LogP contribution in [0.3, 0.4) is 0 Å². The van der Waals surface area contributed by atoms with E-state index in [1.54, 1.807) is 24.3 Å². The number of para-hydroxylation sites is 1. The molecule has 0 radical (unpaired) electrons. The van der Waals surface area contributed by atoms with E-state index >= 15 is 0 Å². The molecule has 2 aliphatic rings. The molecule has 0 saturated carbocycles. The van der Waals surface area contributed by atoms with Crippen molar-refractivity contribution in [2.24, 2.45) is 5.92 Å². The number of benzene rings is 2. The minimum Gasteiger partial charge on any atom is -0.396 e. The summed E-state index contributed by atoms with van der Waals surface area (Å²) in [7, 11) is 0. The molecule has 2 aromatic carbocycles. The highest BCUT2D eigenvalue weighted by molar-refractivity contribution is 6.47. The van der Waals surface area contributed by atoms with Gasteiger partial charge in [-0.2, -0.15) is 0 Å². The van der Waals surface area contributed by atoms with E-state index in [0.29, 0.717) is 40.6 Å². The minimum absolute atomic E-state index is 0.0695. The first kappa shape index (κ1) is 19.7. The van der Waals surface area contributed by atoms with Crippen LogP contribution < -0.4 is 4.90 Å². The van der Waals surface area contributed by atoms with Crippen LogP contribution in [0.2, 0.25) is 5.02 Å². The molecule has 2 aromatic rings. The van der Waals surface area contributed by atoms with E-state index in [0.717, 1.165) is 18.4 Å². The van der Waals surface area contributed by atoms with Gasteiger partial charge < -0.3 is 10.0 Å². The molecule has 1 fully saturated rings. The molecule has 0 spiro atoms. The average molecular weight is 411 g/mol. The van der Waals surface area contributed by atoms with Gasteiger partial charge in [0.25, 0.3) is 11.8 Å². The van der Waals surface area contributed by atoms with Crippen molar-refractivity contribution >= 4 is 34.7 Å². The summed E-state index contributed by atoms with van der Waals surface area (Å²) in [4.78, 5) is 30.1. The van der Waals surface area contributed by atoms with Crippen molar-refractivity contribution in [1.29, 1.82) is 0 Å². The fourth-order valence-corrected chi connectivity index (χ4v) is 4.28. The predicted molar refractivity (Wildman–Crippen MR) is 113 cm³/mol. The fourth-order valence-electron chi connectivity index (χ4n) is 4.06. The number of aryl methyl sites for hydroxylation is 1. The van der Waals surface area contributed by atoms with Crippen LogP contribution in [0, 0.1) is 12.8 Å². The summed E-state index contributed by atoms with van der Waals surface area (Å²) in [5.74, 6) is -0.641. The number of amides is 2. The Balaban J connectivity index is 1.83. The quantitative estimate of drug-likeness (QED) is 0.782. The molecule has 6 heteroatoms. The number of nitrogens with zero attached hydrogens (tertiary/aromatic N) is 2. The van der Waals surface area contributed by atoms with Gasteiger partial charge in [0.05, 0.1) is 16.3 Å². The Hall–Kier alpha value is -2.63. The van der Waals surface area contributed by atoms with Gasteiger partial charge in [0, 0.05) is 19.7 Å². The van der Waals surface area contributed by atoms with Crippen LogP contribution in [0.25, 0.3) is 5.57 Å². The molecule has 1 atom stereocenters. The number of imide groups is 1. The SMILES string of the molecule is Cc1ccc(C2=C(N3CCCC(CO)C3)C(=O)N(c3ccccc3Cl)C2=O)cc1. The number of aliphatic hydroxyl groups is 1. The molecule has 150 valence electrons. The van der Waals surface area contributed by atoms with Crippen molar-refractivity contribution < 1.29 is 14.7 Å². The first-order chi connectivity index (χ1) is 14.0. The molecular weight excluding hydrogens is 388 g/mol. The molecule has 1 unspecified atom stereocenters. The Kier molecular flexibility index (Phi) is 5.43. The topological polar surface area (TPSA) is 60.9 Å². The Morgan fingerprint density at radius 1 is 1.07 bits per heavy atom. The second-order valence-corrected chi connectivity index (χ2v) is 8.03. The van der Waals surface area contributed by atoms with Gasteiger partial charge in [-0.3, -0.25) is 9.59 Å². The Morgan fingerprint density at radius 3 is 2.48 bits per heavy atom. The standard InChI is InChI=1S/C23H23ClN2O3/c1-15-8-10-17(11-9-15)20-21(25-12-4-5-16(13-25)14-27)23(29)26(22(20)28)19-7-3-2-6-18(19)24/h2-3,6-11,16,27H,4-5,12-14H2,1H3. The number of halogens is 1. The summed E-state index contributed by atoms with van der Waals surface area (Å²) >= 11 is 6.32. The van der Waals surface area contributed by atoms with E-state index < -0.39 is 0 Å². The molecule has 0 aromatic heterocycles. The lowest BCUT2D eigenvalue weighted by atomic mass is 9.96. The zero-order valence-corrected chi connectivity index (χ0v) is 17.0. The summed E-state index contributed by atoms with van der Waals surface area (Å²) in [6.07, 6.45) is 1.78. The van der Waals surface area contributed by atoms with Crippen LogP contribution in [0.1, 0.15) is 24.0 Å². The first-order valence-electron chi connectivity index (χ1n) is 9.81. The molecule has 1 saturated heterocycles. The van der Waals surface area contributed by atoms with Gasteiger partial charge in [-0.25, -0.2) is 4.90 Å². The van der Waals surface area contributed by atoms with E-state index in [-0.39, 0.29) is 24.3 Å². The number of rotatable bonds is 4. The number of piperidine rings is 1. The first-order valence-corrected chi connectivity index (χ1v) is 10.2. The normalized spacial score (nSPS) is 20.0. The van der Waals surface area contributed by atoms with Crippen molar-refractivity contribution in [2.45, 2.75) is 19.8 Å². The van der Waals surface area contributed by atoms with Crippen LogP contribution in [0.15, 0.2) is 54.2 Å². The maximum absolute atomic E-state index is 13.5. The molecule has 5 nitrogen and oxygen atoms in total. The lowest BCUT2D eigenvalue weighted by Gasteiger charge is -2.34. The van der Waals surface area contributed by atoms with Crippen molar-refractivity contribution in [3.05, 3.63) is 70.4 Å². The van der Waals surface area contributed by atoms with Gasteiger partial charge >= 0.3 is 0 Å². The second kappa shape index (κ2) is 8.01. The van der Waals surface area contributed by atoms with Gasteiger partial charge in [0.1, 0.15) is 5.70 Å². The summed E-state index contributed by atoms with van der Waals surface area (Å²) in [5.41, 5.74) is 2.98. The lowest BCUT2D eigenvalue weighted by molar-refractivity contribution is -0.120. The van der Waals surface area contributed by atoms with Crippen LogP contribution in [0.5, 0.6) is 0 Å². The average Bonchev–Trinajstić information content (AvgIpc) is 2.99. The van der Waals surface area contributed by atoms with Crippen LogP contribution in [-0.2, 0) is 9.59 Å². The lowest BCUT2D eigenvalue weighted by Crippen LogP contribution is -2.40.